The largest absolute Gasteiger partial charge is 0.389 e. The molecule has 2 aromatic rings. The molecule has 0 atom stereocenters. The van der Waals surface area contributed by atoms with Crippen LogP contribution in [0.15, 0.2) is 6.07 Å². The lowest BCUT2D eigenvalue weighted by atomic mass is 10.2. The van der Waals surface area contributed by atoms with E-state index < -0.39 is 12.6 Å². The molecule has 0 spiro atoms. The van der Waals surface area contributed by atoms with Crippen LogP contribution in [0.2, 0.25) is 0 Å². The Kier molecular flexibility index (Phi) is 3.40. The summed E-state index contributed by atoms with van der Waals surface area (Å²) in [7, 11) is 0. The highest BCUT2D eigenvalue weighted by Gasteiger charge is 2.27. The van der Waals surface area contributed by atoms with Crippen molar-refractivity contribution >= 4 is 27.4 Å². The second-order valence-electron chi connectivity index (χ2n) is 3.82. The molecule has 0 saturated carbocycles. The highest BCUT2D eigenvalue weighted by Crippen LogP contribution is 2.29. The number of aromatic nitrogens is 2. The van der Waals surface area contributed by atoms with Gasteiger partial charge in [0.2, 0.25) is 0 Å². The van der Waals surface area contributed by atoms with E-state index in [0.717, 1.165) is 10.3 Å². The molecule has 98 valence electrons. The molecular weight excluding hydrogens is 265 g/mol. The van der Waals surface area contributed by atoms with Gasteiger partial charge in [-0.1, -0.05) is 0 Å². The normalized spacial score (nSPS) is 12.1. The van der Waals surface area contributed by atoms with Crippen LogP contribution in [0.1, 0.15) is 17.1 Å². The van der Waals surface area contributed by atoms with Crippen LogP contribution < -0.4 is 11.3 Å². The van der Waals surface area contributed by atoms with Crippen molar-refractivity contribution in [1.82, 2.24) is 9.97 Å². The molecule has 2 heterocycles. The van der Waals surface area contributed by atoms with Gasteiger partial charge >= 0.3 is 6.18 Å². The lowest BCUT2D eigenvalue weighted by Crippen LogP contribution is -2.13. The van der Waals surface area contributed by atoms with Gasteiger partial charge < -0.3 is 5.43 Å². The maximum Gasteiger partial charge on any atom is 0.389 e. The van der Waals surface area contributed by atoms with Crippen molar-refractivity contribution in [3.8, 4) is 0 Å². The van der Waals surface area contributed by atoms with Crippen molar-refractivity contribution in [2.75, 3.05) is 5.43 Å². The Morgan fingerprint density at radius 3 is 2.72 bits per heavy atom. The summed E-state index contributed by atoms with van der Waals surface area (Å²) in [6, 6.07) is 1.85. The van der Waals surface area contributed by atoms with Crippen molar-refractivity contribution in [3.05, 3.63) is 16.8 Å². The fourth-order valence-corrected chi connectivity index (χ4v) is 2.46. The van der Waals surface area contributed by atoms with Crippen LogP contribution in [0.3, 0.4) is 0 Å². The van der Waals surface area contributed by atoms with Crippen molar-refractivity contribution in [2.45, 2.75) is 25.9 Å². The molecule has 2 rings (SSSR count). The number of nitrogens with two attached hydrogens (primary N) is 1. The van der Waals surface area contributed by atoms with Crippen LogP contribution in [-0.2, 0) is 6.42 Å². The number of alkyl halides is 3. The van der Waals surface area contributed by atoms with E-state index in [1.165, 1.54) is 11.3 Å². The van der Waals surface area contributed by atoms with Gasteiger partial charge in [0, 0.05) is 11.3 Å². The smallest absolute Gasteiger partial charge is 0.308 e. The molecule has 0 unspecified atom stereocenters. The summed E-state index contributed by atoms with van der Waals surface area (Å²) in [6.45, 7) is 1.89. The summed E-state index contributed by atoms with van der Waals surface area (Å²) in [6.07, 6.45) is -5.39. The Labute approximate surface area is 105 Å². The Morgan fingerprint density at radius 2 is 2.11 bits per heavy atom. The molecule has 0 saturated heterocycles. The minimum Gasteiger partial charge on any atom is -0.308 e. The minimum atomic E-state index is -4.21. The Morgan fingerprint density at radius 1 is 1.39 bits per heavy atom. The molecule has 0 aliphatic rings. The highest BCUT2D eigenvalue weighted by molar-refractivity contribution is 7.18. The first-order valence-electron chi connectivity index (χ1n) is 5.19. The third kappa shape index (κ3) is 2.88. The lowest BCUT2D eigenvalue weighted by Gasteiger charge is -2.07. The van der Waals surface area contributed by atoms with Gasteiger partial charge in [0.05, 0.1) is 11.8 Å². The van der Waals surface area contributed by atoms with E-state index in [1.54, 1.807) is 0 Å². The van der Waals surface area contributed by atoms with Crippen LogP contribution in [0.4, 0.5) is 19.0 Å². The number of fused-ring (bicyclic) bond motifs is 1. The number of hydrazine groups is 1. The van der Waals surface area contributed by atoms with Gasteiger partial charge in [0.25, 0.3) is 0 Å². The molecule has 18 heavy (non-hydrogen) atoms. The van der Waals surface area contributed by atoms with E-state index in [9.17, 15) is 13.2 Å². The number of halogens is 3. The first-order chi connectivity index (χ1) is 8.39. The highest BCUT2D eigenvalue weighted by atomic mass is 32.1. The number of hydrogen-bond donors (Lipinski definition) is 2. The van der Waals surface area contributed by atoms with Crippen LogP contribution in [0, 0.1) is 6.92 Å². The monoisotopic (exact) mass is 276 g/mol. The predicted molar refractivity (Wildman–Crippen MR) is 64.3 cm³/mol. The van der Waals surface area contributed by atoms with Gasteiger partial charge in [0.1, 0.15) is 10.7 Å². The molecule has 8 heteroatoms. The standard InChI is InChI=1S/C10H11F3N4S/c1-5-4-6-8(17-14)15-7(16-9(6)18-5)2-3-10(11,12)13/h4H,2-3,14H2,1H3,(H,15,16,17). The SMILES string of the molecule is Cc1cc2c(NN)nc(CCC(F)(F)F)nc2s1. The van der Waals surface area contributed by atoms with E-state index in [1.807, 2.05) is 13.0 Å². The molecule has 0 aromatic carbocycles. The number of rotatable bonds is 3. The van der Waals surface area contributed by atoms with Gasteiger partial charge in [-0.3, -0.25) is 0 Å². The number of nitrogens with one attached hydrogen (secondary N) is 1. The van der Waals surface area contributed by atoms with Gasteiger partial charge in [-0.15, -0.1) is 11.3 Å². The van der Waals surface area contributed by atoms with E-state index in [0.29, 0.717) is 10.6 Å². The summed E-state index contributed by atoms with van der Waals surface area (Å²) in [5, 5.41) is 0.732. The van der Waals surface area contributed by atoms with Gasteiger partial charge in [-0.25, -0.2) is 15.8 Å². The predicted octanol–water partition coefficient (Wildman–Crippen LogP) is 2.78. The summed E-state index contributed by atoms with van der Waals surface area (Å²) < 4.78 is 36.4. The van der Waals surface area contributed by atoms with Crippen molar-refractivity contribution in [3.63, 3.8) is 0 Å². The molecular formula is C10H11F3N4S. The number of anilines is 1. The zero-order valence-corrected chi connectivity index (χ0v) is 10.3. The second-order valence-corrected chi connectivity index (χ2v) is 5.06. The molecule has 0 amide bonds. The van der Waals surface area contributed by atoms with Crippen LogP contribution >= 0.6 is 11.3 Å². The number of nitrogens with zero attached hydrogens (tertiary/aromatic N) is 2. The topological polar surface area (TPSA) is 63.8 Å². The van der Waals surface area contributed by atoms with Crippen LogP contribution in [-0.4, -0.2) is 16.1 Å². The average Bonchev–Trinajstić information content (AvgIpc) is 2.64. The third-order valence-electron chi connectivity index (χ3n) is 2.33. The van der Waals surface area contributed by atoms with Crippen LogP contribution in [0.5, 0.6) is 0 Å². The van der Waals surface area contributed by atoms with E-state index in [2.05, 4.69) is 15.4 Å². The van der Waals surface area contributed by atoms with Crippen molar-refractivity contribution in [2.24, 2.45) is 5.84 Å². The van der Waals surface area contributed by atoms with Gasteiger partial charge in [-0.05, 0) is 13.0 Å². The maximum atomic E-state index is 12.1. The summed E-state index contributed by atoms with van der Waals surface area (Å²) in [5.41, 5.74) is 2.40. The fraction of sp³-hybridized carbons (Fsp3) is 0.400. The lowest BCUT2D eigenvalue weighted by molar-refractivity contribution is -0.134. The number of hydrogen-bond acceptors (Lipinski definition) is 5. The molecule has 0 bridgehead atoms. The molecule has 0 aliphatic carbocycles. The summed E-state index contributed by atoms with van der Waals surface area (Å²) in [4.78, 5) is 9.76. The Bertz CT molecular complexity index is 564. The van der Waals surface area contributed by atoms with E-state index in [4.69, 9.17) is 5.84 Å². The number of aryl methyl sites for hydroxylation is 2. The first-order valence-corrected chi connectivity index (χ1v) is 6.01. The van der Waals surface area contributed by atoms with E-state index in [-0.39, 0.29) is 12.2 Å². The number of thiophene rings is 1. The zero-order chi connectivity index (χ0) is 13.3. The maximum absolute atomic E-state index is 12.1. The molecule has 0 radical (unpaired) electrons. The summed E-state index contributed by atoms with van der Waals surface area (Å²) >= 11 is 1.40. The van der Waals surface area contributed by atoms with E-state index >= 15 is 0 Å². The second kappa shape index (κ2) is 4.69. The Hall–Kier alpha value is -1.41. The zero-order valence-electron chi connectivity index (χ0n) is 9.51. The molecule has 3 N–H and O–H groups in total. The van der Waals surface area contributed by atoms with Crippen molar-refractivity contribution in [1.29, 1.82) is 0 Å². The third-order valence-corrected chi connectivity index (χ3v) is 3.28. The van der Waals surface area contributed by atoms with Crippen LogP contribution in [0.25, 0.3) is 10.2 Å². The van der Waals surface area contributed by atoms with Gasteiger partial charge in [0.15, 0.2) is 5.82 Å². The number of nitrogen functional groups attached to an aromatic ring is 1. The molecule has 4 nitrogen and oxygen atoms in total. The quantitative estimate of drug-likeness (QED) is 0.668. The minimum absolute atomic E-state index is 0.148. The first kappa shape index (κ1) is 13.0. The molecule has 0 aliphatic heterocycles. The average molecular weight is 276 g/mol. The molecule has 0 fully saturated rings. The Balaban J connectivity index is 2.34. The van der Waals surface area contributed by atoms with Crippen molar-refractivity contribution < 1.29 is 13.2 Å². The van der Waals surface area contributed by atoms with Gasteiger partial charge in [-0.2, -0.15) is 13.2 Å². The fourth-order valence-electron chi connectivity index (χ4n) is 1.56. The summed E-state index contributed by atoms with van der Waals surface area (Å²) in [5.74, 6) is 5.83. The molecule has 2 aromatic heterocycles.